The molecule has 4 unspecified atom stereocenters. The van der Waals surface area contributed by atoms with E-state index >= 15 is 0 Å². The Labute approximate surface area is 757 Å². The van der Waals surface area contributed by atoms with Crippen LogP contribution in [-0.4, -0.2) is 256 Å². The minimum Gasteiger partial charge on any atom is -0.411 e. The van der Waals surface area contributed by atoms with Gasteiger partial charge in [-0.1, -0.05) is 147 Å². The second-order valence-corrected chi connectivity index (χ2v) is 55.5. The number of aliphatic hydroxyl groups is 2. The van der Waals surface area contributed by atoms with Crippen molar-refractivity contribution in [2.75, 3.05) is 92.9 Å². The fourth-order valence-corrected chi connectivity index (χ4v) is 21.8. The third-order valence-electron chi connectivity index (χ3n) is 24.7. The number of hydrogen-bond acceptors (Lipinski definition) is 16. The van der Waals surface area contributed by atoms with E-state index in [9.17, 15) is 24.3 Å². The van der Waals surface area contributed by atoms with Crippen LogP contribution in [0.1, 0.15) is 99.6 Å². The number of aliphatic hydroxyl groups excluding tert-OH is 2. The summed E-state index contributed by atoms with van der Waals surface area (Å²) in [4.78, 5) is 90.9. The number of carbonyl (C=O) groups excluding carboxylic acids is 4. The summed E-state index contributed by atoms with van der Waals surface area (Å²) in [5.74, 6) is 4.78. The largest absolute Gasteiger partial charge is 0.411 e. The summed E-state index contributed by atoms with van der Waals surface area (Å²) in [5.41, 5.74) is 5.15. The van der Waals surface area contributed by atoms with Gasteiger partial charge in [-0.2, -0.15) is 10.1 Å². The van der Waals surface area contributed by atoms with Crippen LogP contribution in [0.3, 0.4) is 0 Å². The summed E-state index contributed by atoms with van der Waals surface area (Å²) in [7, 11) is -3.31. The molecule has 0 radical (unpaired) electrons. The van der Waals surface area contributed by atoms with Crippen LogP contribution in [0, 0.1) is 0 Å². The molecule has 125 heavy (non-hydrogen) atoms. The Morgan fingerprint density at radius 3 is 1.16 bits per heavy atom. The smallest absolute Gasteiger partial charge is 0.345 e. The summed E-state index contributed by atoms with van der Waals surface area (Å²) in [6.45, 7) is 50.7. The predicted molar refractivity (Wildman–Crippen MR) is 519 cm³/mol. The minimum atomic E-state index is -1.86. The third kappa shape index (κ3) is 24.2. The number of aromatic nitrogens is 6. The Morgan fingerprint density at radius 2 is 0.816 bits per heavy atom. The van der Waals surface area contributed by atoms with Gasteiger partial charge < -0.3 is 66.6 Å². The van der Waals surface area contributed by atoms with E-state index in [1.165, 1.54) is 29.6 Å². The van der Waals surface area contributed by atoms with Gasteiger partial charge in [-0.05, 0) is 145 Å². The van der Waals surface area contributed by atoms with Gasteiger partial charge in [0.2, 0.25) is 0 Å². The summed E-state index contributed by atoms with van der Waals surface area (Å²) in [6, 6.07) is 32.9. The predicted octanol–water partition coefficient (Wildman–Crippen LogP) is 16.2. The first-order valence-electron chi connectivity index (χ1n) is 42.8. The molecule has 8 bridgehead atoms. The Kier molecular flexibility index (Phi) is 33.8. The lowest BCUT2D eigenvalue weighted by atomic mass is 10.1. The summed E-state index contributed by atoms with van der Waals surface area (Å²) in [5, 5.41) is 25.3. The Bertz CT molecular complexity index is 4890. The van der Waals surface area contributed by atoms with E-state index < -0.39 is 32.2 Å². The van der Waals surface area contributed by atoms with E-state index in [2.05, 4.69) is 307 Å². The number of hydrogen-bond donors (Lipinski definition) is 2. The quantitative estimate of drug-likeness (QED) is 0.0247. The molecule has 4 atom stereocenters. The van der Waals surface area contributed by atoms with Gasteiger partial charge in [0.25, 0.3) is 0 Å². The molecule has 0 aliphatic carbocycles. The summed E-state index contributed by atoms with van der Waals surface area (Å²) < 4.78 is 25.9. The summed E-state index contributed by atoms with van der Waals surface area (Å²) >= 11 is 2.25. The Morgan fingerprint density at radius 1 is 0.472 bits per heavy atom. The second-order valence-electron chi connectivity index (χ2n) is 36.4. The van der Waals surface area contributed by atoms with Crippen LogP contribution >= 0.6 is 29.9 Å². The molecule has 8 amide bonds. The van der Waals surface area contributed by atoms with E-state index in [4.69, 9.17) is 28.1 Å². The second kappa shape index (κ2) is 43.1. The molecule has 10 aliphatic rings. The van der Waals surface area contributed by atoms with Gasteiger partial charge in [-0.15, -0.1) is 13.2 Å². The van der Waals surface area contributed by atoms with Gasteiger partial charge in [-0.25, -0.2) is 34.1 Å². The highest BCUT2D eigenvalue weighted by atomic mass is 127. The van der Waals surface area contributed by atoms with Crippen molar-refractivity contribution in [2.45, 2.75) is 180 Å². The molecule has 10 aliphatic heterocycles. The number of carbonyl (C=O) groups is 4. The van der Waals surface area contributed by atoms with Crippen molar-refractivity contribution in [1.82, 2.24) is 68.2 Å². The molecule has 0 spiro atoms. The number of halogens is 1. The molecule has 32 heteroatoms. The first-order valence-corrected chi connectivity index (χ1v) is 54.4. The number of hydroxylamine groups is 4. The normalized spacial score (nSPS) is 19.5. The number of benzene rings is 3. The molecule has 16 rings (SSSR count). The molecule has 13 heterocycles. The lowest BCUT2D eigenvalue weighted by Crippen LogP contribution is -2.41. The molecular formula is C93H131IN16O11PSi3+. The number of allylic oxidation sites excluding steroid dienone is 3. The van der Waals surface area contributed by atoms with E-state index in [0.717, 1.165) is 72.6 Å². The lowest BCUT2D eigenvalue weighted by molar-refractivity contribution is -0.107. The molecule has 3 aromatic heterocycles. The highest BCUT2D eigenvalue weighted by Crippen LogP contribution is 2.57. The van der Waals surface area contributed by atoms with Crippen LogP contribution in [0.15, 0.2) is 228 Å². The summed E-state index contributed by atoms with van der Waals surface area (Å²) in [6.07, 6.45) is 34.2. The van der Waals surface area contributed by atoms with E-state index in [0.29, 0.717) is 76.6 Å². The van der Waals surface area contributed by atoms with Crippen molar-refractivity contribution in [3.8, 4) is 0 Å². The number of aliphatic imine (C=N–C) groups is 2. The van der Waals surface area contributed by atoms with Crippen LogP contribution in [0.2, 0.25) is 54.4 Å². The van der Waals surface area contributed by atoms with Crippen LogP contribution in [0.25, 0.3) is 17.1 Å². The maximum Gasteiger partial charge on any atom is 0.345 e. The van der Waals surface area contributed by atoms with Gasteiger partial charge in [0.15, 0.2) is 25.0 Å². The zero-order chi connectivity index (χ0) is 90.8. The number of urea groups is 4. The monoisotopic (exact) mass is 1890 g/mol. The zero-order valence-corrected chi connectivity index (χ0v) is 82.4. The van der Waals surface area contributed by atoms with Crippen molar-refractivity contribution in [2.24, 2.45) is 9.98 Å². The minimum absolute atomic E-state index is 0.0419. The van der Waals surface area contributed by atoms with Crippen molar-refractivity contribution < 1.29 is 52.3 Å². The Balaban J connectivity index is 0.000000156. The molecule has 672 valence electrons. The lowest BCUT2D eigenvalue weighted by Gasteiger charge is -2.36. The zero-order valence-electron chi connectivity index (χ0n) is 76.3. The van der Waals surface area contributed by atoms with Crippen LogP contribution in [0.4, 0.5) is 19.2 Å². The first-order chi connectivity index (χ1) is 59.3. The molecule has 2 N–H and O–H groups in total. The molecule has 3 aromatic carbocycles. The maximum atomic E-state index is 12.5. The van der Waals surface area contributed by atoms with Crippen molar-refractivity contribution in [3.63, 3.8) is 0 Å². The number of rotatable bonds is 24. The fourth-order valence-electron chi connectivity index (χ4n) is 14.3. The van der Waals surface area contributed by atoms with Crippen molar-refractivity contribution in [3.05, 3.63) is 235 Å². The van der Waals surface area contributed by atoms with Gasteiger partial charge in [-0.3, -0.25) is 19.7 Å². The maximum absolute atomic E-state index is 12.5. The van der Waals surface area contributed by atoms with Crippen LogP contribution in [0.5, 0.6) is 0 Å². The SMILES string of the molecule is C/C=C/[P+](c1ccccc1)(c1ccccc1)c1ccccc1.C=CCON1C(=O)N2CC(I)=CC1C2.C=CCON1C(=O)N2CC(n3ccnc3CO[Si](C)(C)C(C)(C)C)=CC1C2.CC(C)(C)[Si](C)(C)OCC1=NC=CC1.CN1C(=O)N2CC(n3ccnc3CO)=CC1C2.CN1C(=O)N2CC(n3ccnc3CO[Si](C)(C)C(C)(C)C)=CC1C2.OCC1=NC=CC1. The molecule has 27 nitrogen and oxygen atoms in total. The molecule has 0 saturated carbocycles. The topological polar surface area (TPSA) is 259 Å². The molecular weight excluding hydrogens is 1760 g/mol. The number of nitrogens with zero attached hydrogens (tertiary/aromatic N) is 16. The highest BCUT2D eigenvalue weighted by molar-refractivity contribution is 14.1. The number of amides is 8. The molecule has 4 saturated heterocycles. The number of fused-ring (bicyclic) bond motifs is 8. The molecule has 4 fully saturated rings. The number of likely N-dealkylation sites (N-methyl/N-ethyl adjacent to an activating group) is 2. The van der Waals surface area contributed by atoms with Gasteiger partial charge in [0.1, 0.15) is 47.3 Å². The van der Waals surface area contributed by atoms with E-state index in [1.54, 1.807) is 55.2 Å². The van der Waals surface area contributed by atoms with Gasteiger partial charge in [0.05, 0.1) is 95.8 Å². The Hall–Kier alpha value is -9.10. The average Bonchev–Trinajstić information content (AvgIpc) is 1.49. The average molecular weight is 1890 g/mol. The van der Waals surface area contributed by atoms with Gasteiger partial charge in [0, 0.05) is 135 Å². The van der Waals surface area contributed by atoms with E-state index in [-0.39, 0.29) is 71.6 Å². The first kappa shape index (κ1) is 98.1. The van der Waals surface area contributed by atoms with Crippen LogP contribution in [-0.2, 0) is 42.8 Å². The fraction of sp³-hybridized carbons (Fsp3) is 0.452. The highest BCUT2D eigenvalue weighted by Gasteiger charge is 2.47. The van der Waals surface area contributed by atoms with E-state index in [1.807, 2.05) is 65.2 Å². The van der Waals surface area contributed by atoms with Crippen molar-refractivity contribution >= 4 is 123 Å². The standard InChI is InChI=1S/C21H20P.C19H30N4O3Si.C17H28N4O2Si.C11H14N4O2.C11H21NOSi.C9H11IN2O2.C5H7NO/c1-2-18-22(19-12-6-3-7-13-19,20-14-8-4-9-15-20)21-16-10-5-11-17-21;1-7-10-25-23-16-11-15(12-21(13-16)18(23)24)22-9-8-20-17(22)14-26-27(5,6)19(2,3)4;1-17(2,3)24(5,6)23-12-15-18-7-8-21(15)14-9-13-10-20(11-14)16(22)19(13)4;1-13-8-4-9(6-14(5-8)11(13)17)15-3-2-12-10(15)7-16;1-11(2,3)14(4,5)13-9-10-7-6-8-12-10;1-2-3-14-12-8-4-7(10)5-11(6-8)9(12)13;7-4-5-2-1-3-6-5/h2-18H,1H3;7-9,11,16H,1,10,12-14H2,2-6H3;7-9,13H,10-12H2,1-6H3;2-4,8,16H,5-7H2,1H3;6,8H,7,9H2,1-5H3;2,4,8H,1,3,5-6H2;1,3,7H,2,4H2/q+1;;;;;;/b18-2+;;;;;;. The van der Waals surface area contributed by atoms with Crippen LogP contribution < -0.4 is 15.9 Å². The van der Waals surface area contributed by atoms with Gasteiger partial charge >= 0.3 is 24.1 Å². The number of imidazole rings is 3. The molecule has 6 aromatic rings. The van der Waals surface area contributed by atoms with Crippen molar-refractivity contribution in [1.29, 1.82) is 0 Å². The third-order valence-corrected chi connectivity index (χ3v) is 42.9.